The van der Waals surface area contributed by atoms with Crippen molar-refractivity contribution in [3.63, 3.8) is 0 Å². The number of hydrogen-bond acceptors (Lipinski definition) is 4. The van der Waals surface area contributed by atoms with Crippen molar-refractivity contribution in [2.75, 3.05) is 11.7 Å². The van der Waals surface area contributed by atoms with E-state index in [0.717, 1.165) is 15.6 Å². The predicted molar refractivity (Wildman–Crippen MR) is 108 cm³/mol. The van der Waals surface area contributed by atoms with Gasteiger partial charge in [0, 0.05) is 5.02 Å². The summed E-state index contributed by atoms with van der Waals surface area (Å²) in [5.41, 5.74) is 2.74. The van der Waals surface area contributed by atoms with E-state index in [0.29, 0.717) is 33.0 Å². The zero-order valence-corrected chi connectivity index (χ0v) is 16.7. The zero-order chi connectivity index (χ0) is 18.4. The minimum absolute atomic E-state index is 0.179. The number of fused-ring (bicyclic) bond motifs is 1. The van der Waals surface area contributed by atoms with Crippen LogP contribution in [0.15, 0.2) is 40.5 Å². The number of benzene rings is 2. The van der Waals surface area contributed by atoms with Crippen LogP contribution in [-0.4, -0.2) is 17.8 Å². The van der Waals surface area contributed by atoms with Crippen LogP contribution >= 0.6 is 39.7 Å². The van der Waals surface area contributed by atoms with Gasteiger partial charge in [-0.2, -0.15) is 0 Å². The fourth-order valence-corrected chi connectivity index (χ4v) is 3.95. The number of carbonyl (C=O) groups is 1. The number of anilines is 1. The SMILES string of the molecule is Cc1cc(Cl)ccc1N1C(=O)/C(=C\c2cc(Br)c3c(c2)OCO3)NC1=S. The van der Waals surface area contributed by atoms with Gasteiger partial charge >= 0.3 is 0 Å². The van der Waals surface area contributed by atoms with Crippen molar-refractivity contribution < 1.29 is 14.3 Å². The third-order valence-corrected chi connectivity index (χ3v) is 5.15. The largest absolute Gasteiger partial charge is 0.454 e. The molecule has 5 nitrogen and oxygen atoms in total. The first-order valence-electron chi connectivity index (χ1n) is 7.66. The van der Waals surface area contributed by atoms with Crippen LogP contribution in [0, 0.1) is 6.92 Å². The molecule has 0 unspecified atom stereocenters. The molecule has 2 aromatic rings. The Kier molecular flexibility index (Phi) is 4.38. The van der Waals surface area contributed by atoms with Crippen molar-refractivity contribution in [1.82, 2.24) is 5.32 Å². The van der Waals surface area contributed by atoms with E-state index in [1.807, 2.05) is 19.1 Å². The van der Waals surface area contributed by atoms with Gasteiger partial charge in [-0.1, -0.05) is 11.6 Å². The highest BCUT2D eigenvalue weighted by atomic mass is 79.9. The molecule has 0 aliphatic carbocycles. The van der Waals surface area contributed by atoms with Crippen LogP contribution < -0.4 is 19.7 Å². The first kappa shape index (κ1) is 17.3. The number of halogens is 2. The van der Waals surface area contributed by atoms with Gasteiger partial charge < -0.3 is 14.8 Å². The van der Waals surface area contributed by atoms with Crippen molar-refractivity contribution in [1.29, 1.82) is 0 Å². The van der Waals surface area contributed by atoms with Crippen molar-refractivity contribution in [2.45, 2.75) is 6.92 Å². The van der Waals surface area contributed by atoms with E-state index < -0.39 is 0 Å². The van der Waals surface area contributed by atoms with E-state index >= 15 is 0 Å². The van der Waals surface area contributed by atoms with Crippen LogP contribution in [0.4, 0.5) is 5.69 Å². The molecule has 2 aliphatic heterocycles. The monoisotopic (exact) mass is 450 g/mol. The summed E-state index contributed by atoms with van der Waals surface area (Å²) >= 11 is 14.8. The number of amides is 1. The maximum absolute atomic E-state index is 12.9. The molecule has 2 heterocycles. The number of ether oxygens (including phenoxy) is 2. The van der Waals surface area contributed by atoms with E-state index in [-0.39, 0.29) is 12.7 Å². The highest BCUT2D eigenvalue weighted by Crippen LogP contribution is 2.40. The van der Waals surface area contributed by atoms with Gasteiger partial charge in [0.05, 0.1) is 10.2 Å². The second-order valence-corrected chi connectivity index (χ2v) is 7.47. The second-order valence-electron chi connectivity index (χ2n) is 5.80. The van der Waals surface area contributed by atoms with Crippen LogP contribution in [0.5, 0.6) is 11.5 Å². The van der Waals surface area contributed by atoms with E-state index in [2.05, 4.69) is 21.2 Å². The third kappa shape index (κ3) is 2.96. The van der Waals surface area contributed by atoms with Gasteiger partial charge in [-0.25, -0.2) is 0 Å². The highest BCUT2D eigenvalue weighted by Gasteiger charge is 2.33. The molecule has 0 radical (unpaired) electrons. The lowest BCUT2D eigenvalue weighted by Crippen LogP contribution is -2.30. The molecule has 2 aliphatic rings. The Balaban J connectivity index is 1.69. The summed E-state index contributed by atoms with van der Waals surface area (Å²) in [6.07, 6.45) is 1.73. The summed E-state index contributed by atoms with van der Waals surface area (Å²) < 4.78 is 11.6. The molecule has 1 amide bonds. The Labute approximate surface area is 168 Å². The third-order valence-electron chi connectivity index (χ3n) is 4.04. The summed E-state index contributed by atoms with van der Waals surface area (Å²) in [6.45, 7) is 2.06. The lowest BCUT2D eigenvalue weighted by Gasteiger charge is -2.16. The molecule has 1 N–H and O–H groups in total. The van der Waals surface area contributed by atoms with Crippen molar-refractivity contribution in [2.24, 2.45) is 0 Å². The van der Waals surface area contributed by atoms with Gasteiger partial charge in [0.1, 0.15) is 5.70 Å². The molecule has 0 aromatic heterocycles. The number of thiocarbonyl (C=S) groups is 1. The van der Waals surface area contributed by atoms with Crippen LogP contribution in [-0.2, 0) is 4.79 Å². The van der Waals surface area contributed by atoms with Gasteiger partial charge in [-0.3, -0.25) is 9.69 Å². The number of aryl methyl sites for hydroxylation is 1. The molecule has 26 heavy (non-hydrogen) atoms. The fraction of sp³-hybridized carbons (Fsp3) is 0.111. The lowest BCUT2D eigenvalue weighted by atomic mass is 10.1. The van der Waals surface area contributed by atoms with Gasteiger partial charge in [-0.05, 0) is 82.6 Å². The van der Waals surface area contributed by atoms with Crippen LogP contribution in [0.25, 0.3) is 6.08 Å². The smallest absolute Gasteiger partial charge is 0.281 e. The molecule has 0 spiro atoms. The van der Waals surface area contributed by atoms with Gasteiger partial charge in [0.15, 0.2) is 16.6 Å². The average Bonchev–Trinajstić information content (AvgIpc) is 3.14. The Morgan fingerprint density at radius 3 is 2.88 bits per heavy atom. The molecule has 132 valence electrons. The molecule has 0 atom stereocenters. The van der Waals surface area contributed by atoms with E-state index in [4.69, 9.17) is 33.3 Å². The molecule has 0 bridgehead atoms. The number of hydrogen-bond donors (Lipinski definition) is 1. The normalized spacial score (nSPS) is 17.2. The second kappa shape index (κ2) is 6.57. The average molecular weight is 452 g/mol. The number of carbonyl (C=O) groups excluding carboxylic acids is 1. The summed E-state index contributed by atoms with van der Waals surface area (Å²) in [5.74, 6) is 1.06. The van der Waals surface area contributed by atoms with Gasteiger partial charge in [0.25, 0.3) is 5.91 Å². The van der Waals surface area contributed by atoms with E-state index in [1.165, 1.54) is 4.90 Å². The van der Waals surface area contributed by atoms with Gasteiger partial charge in [0.2, 0.25) is 6.79 Å². The van der Waals surface area contributed by atoms with Crippen molar-refractivity contribution in [3.05, 3.63) is 56.7 Å². The maximum atomic E-state index is 12.9. The molecule has 1 saturated heterocycles. The summed E-state index contributed by atoms with van der Waals surface area (Å²) in [7, 11) is 0. The Hall–Kier alpha value is -2.09. The molecule has 4 rings (SSSR count). The van der Waals surface area contributed by atoms with Crippen molar-refractivity contribution >= 4 is 62.5 Å². The highest BCUT2D eigenvalue weighted by molar-refractivity contribution is 9.10. The Morgan fingerprint density at radius 1 is 1.31 bits per heavy atom. The molecule has 1 fully saturated rings. The lowest BCUT2D eigenvalue weighted by molar-refractivity contribution is -0.113. The van der Waals surface area contributed by atoms with E-state index in [1.54, 1.807) is 24.3 Å². The molecular weight excluding hydrogens is 440 g/mol. The predicted octanol–water partition coefficient (Wildman–Crippen LogP) is 4.40. The molecule has 0 saturated carbocycles. The van der Waals surface area contributed by atoms with Crippen LogP contribution in [0.1, 0.15) is 11.1 Å². The van der Waals surface area contributed by atoms with Crippen LogP contribution in [0.3, 0.4) is 0 Å². The molecular formula is C18H12BrClN2O3S. The van der Waals surface area contributed by atoms with Gasteiger partial charge in [-0.15, -0.1) is 0 Å². The quantitative estimate of drug-likeness (QED) is 0.542. The maximum Gasteiger partial charge on any atom is 0.281 e. The summed E-state index contributed by atoms with van der Waals surface area (Å²) in [4.78, 5) is 14.4. The minimum atomic E-state index is -0.228. The zero-order valence-electron chi connectivity index (χ0n) is 13.5. The first-order chi connectivity index (χ1) is 12.4. The topological polar surface area (TPSA) is 50.8 Å². The molecule has 2 aromatic carbocycles. The number of rotatable bonds is 2. The Morgan fingerprint density at radius 2 is 2.12 bits per heavy atom. The number of nitrogens with zero attached hydrogens (tertiary/aromatic N) is 1. The van der Waals surface area contributed by atoms with E-state index in [9.17, 15) is 4.79 Å². The first-order valence-corrected chi connectivity index (χ1v) is 9.24. The summed E-state index contributed by atoms with van der Waals surface area (Å²) in [5, 5.41) is 3.91. The summed E-state index contributed by atoms with van der Waals surface area (Å²) in [6, 6.07) is 8.98. The minimum Gasteiger partial charge on any atom is -0.454 e. The fourth-order valence-electron chi connectivity index (χ4n) is 2.86. The standard InChI is InChI=1S/C18H12BrClN2O3S/c1-9-4-11(20)2-3-14(9)22-17(23)13(21-18(22)26)6-10-5-12(19)16-15(7-10)24-8-25-16/h2-7H,8H2,1H3,(H,21,26)/b13-6+. The van der Waals surface area contributed by atoms with Crippen molar-refractivity contribution in [3.8, 4) is 11.5 Å². The Bertz CT molecular complexity index is 993. The number of nitrogens with one attached hydrogen (secondary N) is 1. The molecule has 8 heteroatoms. The van der Waals surface area contributed by atoms with Crippen LogP contribution in [0.2, 0.25) is 5.02 Å².